The first-order chi connectivity index (χ1) is 14.2. The Balaban J connectivity index is 1.66. The molecule has 3 rings (SSSR count). The van der Waals surface area contributed by atoms with Crippen molar-refractivity contribution in [3.8, 4) is 0 Å². The molecule has 0 saturated carbocycles. The molecule has 2 N–H and O–H groups in total. The molecule has 1 aromatic carbocycles. The fraction of sp³-hybridized carbons (Fsp3) is 0.421. The molecule has 164 valence electrons. The number of thiophene rings is 1. The van der Waals surface area contributed by atoms with E-state index in [9.17, 15) is 21.6 Å². The number of rotatable bonds is 8. The maximum absolute atomic E-state index is 12.9. The van der Waals surface area contributed by atoms with Crippen molar-refractivity contribution in [1.29, 1.82) is 0 Å². The molecule has 0 unspecified atom stereocenters. The fourth-order valence-electron chi connectivity index (χ4n) is 3.22. The van der Waals surface area contributed by atoms with Crippen LogP contribution in [-0.4, -0.2) is 47.2 Å². The van der Waals surface area contributed by atoms with Gasteiger partial charge in [0.05, 0.1) is 5.75 Å². The molecule has 11 heteroatoms. The zero-order valence-electron chi connectivity index (χ0n) is 16.6. The van der Waals surface area contributed by atoms with Gasteiger partial charge < -0.3 is 5.32 Å². The van der Waals surface area contributed by atoms with E-state index < -0.39 is 26.0 Å². The lowest BCUT2D eigenvalue weighted by Gasteiger charge is -2.25. The second kappa shape index (κ2) is 9.56. The van der Waals surface area contributed by atoms with Crippen LogP contribution in [0.15, 0.2) is 40.6 Å². The quantitative estimate of drug-likeness (QED) is 0.611. The molecule has 2 aromatic rings. The molecule has 0 aliphatic carbocycles. The van der Waals surface area contributed by atoms with E-state index in [2.05, 4.69) is 10.0 Å². The third kappa shape index (κ3) is 5.46. The average molecular weight is 472 g/mol. The molecule has 1 amide bonds. The Bertz CT molecular complexity index is 1090. The molecule has 0 bridgehead atoms. The lowest BCUT2D eigenvalue weighted by Crippen LogP contribution is -2.36. The molecule has 8 nitrogen and oxygen atoms in total. The summed E-state index contributed by atoms with van der Waals surface area (Å²) in [7, 11) is -5.67. The zero-order chi connectivity index (χ0) is 21.8. The molecule has 1 saturated heterocycles. The van der Waals surface area contributed by atoms with Gasteiger partial charge in [0.15, 0.2) is 0 Å². The van der Waals surface area contributed by atoms with Gasteiger partial charge in [0.1, 0.15) is 9.77 Å². The van der Waals surface area contributed by atoms with Crippen LogP contribution in [0.5, 0.6) is 0 Å². The van der Waals surface area contributed by atoms with Crippen molar-refractivity contribution in [3.63, 3.8) is 0 Å². The fourth-order valence-corrected chi connectivity index (χ4v) is 6.83. The van der Waals surface area contributed by atoms with Crippen molar-refractivity contribution < 1.29 is 21.6 Å². The Morgan fingerprint density at radius 1 is 1.00 bits per heavy atom. The van der Waals surface area contributed by atoms with Gasteiger partial charge >= 0.3 is 0 Å². The van der Waals surface area contributed by atoms with E-state index in [1.165, 1.54) is 17.4 Å². The van der Waals surface area contributed by atoms with Gasteiger partial charge in [-0.1, -0.05) is 30.7 Å². The maximum atomic E-state index is 12.9. The first-order valence-corrected chi connectivity index (χ1v) is 13.5. The zero-order valence-corrected chi connectivity index (χ0v) is 19.1. The molecular formula is C19H25N3O5S3. The summed E-state index contributed by atoms with van der Waals surface area (Å²) in [5.74, 6) is -0.564. The molecule has 0 spiro atoms. The Kier molecular flexibility index (Phi) is 7.30. The number of hydrogen-bond donors (Lipinski definition) is 2. The van der Waals surface area contributed by atoms with Crippen molar-refractivity contribution in [2.45, 2.75) is 36.5 Å². The molecule has 0 atom stereocenters. The van der Waals surface area contributed by atoms with E-state index in [-0.39, 0.29) is 22.1 Å². The molecule has 1 aromatic heterocycles. The van der Waals surface area contributed by atoms with Gasteiger partial charge in [-0.25, -0.2) is 21.6 Å². The number of nitrogens with one attached hydrogen (secondary N) is 2. The van der Waals surface area contributed by atoms with E-state index >= 15 is 0 Å². The summed E-state index contributed by atoms with van der Waals surface area (Å²) in [6.45, 7) is 1.17. The van der Waals surface area contributed by atoms with Crippen LogP contribution in [0.25, 0.3) is 0 Å². The van der Waals surface area contributed by atoms with Crippen LogP contribution in [0.1, 0.15) is 40.1 Å². The lowest BCUT2D eigenvalue weighted by atomic mass is 10.1. The SMILES string of the molecule is CNS(=O)(=O)Cc1ccc(CNC(=O)c2sccc2S(=O)(=O)N2CCCCC2)cc1. The third-order valence-electron chi connectivity index (χ3n) is 4.91. The summed E-state index contributed by atoms with van der Waals surface area (Å²) in [5.41, 5.74) is 1.42. The highest BCUT2D eigenvalue weighted by atomic mass is 32.2. The van der Waals surface area contributed by atoms with Gasteiger partial charge in [-0.2, -0.15) is 4.31 Å². The normalized spacial score (nSPS) is 15.8. The standard InChI is InChI=1S/C19H25N3O5S3/c1-20-29(24,25)14-16-7-5-15(6-8-16)13-21-19(23)18-17(9-12-28-18)30(26,27)22-10-3-2-4-11-22/h5-9,12,20H,2-4,10-11,13-14H2,1H3,(H,21,23). The van der Waals surface area contributed by atoms with Crippen LogP contribution < -0.4 is 10.0 Å². The maximum Gasteiger partial charge on any atom is 0.263 e. The number of piperidine rings is 1. The van der Waals surface area contributed by atoms with Gasteiger partial charge in [-0.15, -0.1) is 11.3 Å². The summed E-state index contributed by atoms with van der Waals surface area (Å²) in [5, 5.41) is 4.37. The van der Waals surface area contributed by atoms with Gasteiger partial charge in [-0.3, -0.25) is 4.79 Å². The predicted octanol–water partition coefficient (Wildman–Crippen LogP) is 1.90. The Labute approximate surface area is 181 Å². The van der Waals surface area contributed by atoms with E-state index in [1.54, 1.807) is 29.6 Å². The second-order valence-electron chi connectivity index (χ2n) is 7.04. The van der Waals surface area contributed by atoms with Crippen molar-refractivity contribution in [2.24, 2.45) is 0 Å². The number of sulfonamides is 2. The van der Waals surface area contributed by atoms with Crippen LogP contribution in [0, 0.1) is 0 Å². The number of carbonyl (C=O) groups is 1. The third-order valence-corrected chi connectivity index (χ3v) is 9.23. The smallest absolute Gasteiger partial charge is 0.263 e. The molecule has 1 aliphatic heterocycles. The van der Waals surface area contributed by atoms with Gasteiger partial charge in [0.25, 0.3) is 5.91 Å². The largest absolute Gasteiger partial charge is 0.347 e. The Morgan fingerprint density at radius 2 is 1.63 bits per heavy atom. The molecule has 30 heavy (non-hydrogen) atoms. The molecule has 0 radical (unpaired) electrons. The number of carbonyl (C=O) groups excluding carboxylic acids is 1. The van der Waals surface area contributed by atoms with Crippen LogP contribution in [0.4, 0.5) is 0 Å². The topological polar surface area (TPSA) is 113 Å². The molecule has 2 heterocycles. The van der Waals surface area contributed by atoms with Crippen LogP contribution >= 0.6 is 11.3 Å². The number of nitrogens with zero attached hydrogens (tertiary/aromatic N) is 1. The second-order valence-corrected chi connectivity index (χ2v) is 11.8. The van der Waals surface area contributed by atoms with Gasteiger partial charge in [-0.05, 0) is 42.5 Å². The average Bonchev–Trinajstić information content (AvgIpc) is 3.24. The highest BCUT2D eigenvalue weighted by Crippen LogP contribution is 2.27. The first kappa shape index (κ1) is 22.9. The molecular weight excluding hydrogens is 446 g/mol. The van der Waals surface area contributed by atoms with Crippen molar-refractivity contribution in [1.82, 2.24) is 14.3 Å². The monoisotopic (exact) mass is 471 g/mol. The summed E-state index contributed by atoms with van der Waals surface area (Å²) >= 11 is 1.10. The minimum Gasteiger partial charge on any atom is -0.347 e. The van der Waals surface area contributed by atoms with Crippen LogP contribution in [0.3, 0.4) is 0 Å². The minimum atomic E-state index is -3.68. The predicted molar refractivity (Wildman–Crippen MR) is 116 cm³/mol. The van der Waals surface area contributed by atoms with Crippen LogP contribution in [-0.2, 0) is 32.3 Å². The van der Waals surface area contributed by atoms with Crippen molar-refractivity contribution >= 4 is 37.3 Å². The summed E-state index contributed by atoms with van der Waals surface area (Å²) < 4.78 is 52.8. The number of amides is 1. The summed E-state index contributed by atoms with van der Waals surface area (Å²) in [6, 6.07) is 8.34. The molecule has 1 aliphatic rings. The minimum absolute atomic E-state index is 0.0551. The highest BCUT2D eigenvalue weighted by Gasteiger charge is 2.30. The number of hydrogen-bond acceptors (Lipinski definition) is 6. The van der Waals surface area contributed by atoms with Gasteiger partial charge in [0.2, 0.25) is 20.0 Å². The number of benzene rings is 1. The highest BCUT2D eigenvalue weighted by molar-refractivity contribution is 7.89. The van der Waals surface area contributed by atoms with E-state index in [4.69, 9.17) is 0 Å². The van der Waals surface area contributed by atoms with Crippen molar-refractivity contribution in [2.75, 3.05) is 20.1 Å². The van der Waals surface area contributed by atoms with Crippen molar-refractivity contribution in [3.05, 3.63) is 51.7 Å². The summed E-state index contributed by atoms with van der Waals surface area (Å²) in [4.78, 5) is 12.9. The van der Waals surface area contributed by atoms with E-state index in [1.807, 2.05) is 0 Å². The first-order valence-electron chi connectivity index (χ1n) is 9.58. The van der Waals surface area contributed by atoms with E-state index in [0.717, 1.165) is 36.2 Å². The van der Waals surface area contributed by atoms with Gasteiger partial charge in [0, 0.05) is 19.6 Å². The van der Waals surface area contributed by atoms with E-state index in [0.29, 0.717) is 18.7 Å². The Hall–Kier alpha value is -1.79. The van der Waals surface area contributed by atoms with Crippen LogP contribution in [0.2, 0.25) is 0 Å². The summed E-state index contributed by atoms with van der Waals surface area (Å²) in [6.07, 6.45) is 2.68. The lowest BCUT2D eigenvalue weighted by molar-refractivity contribution is 0.0952. The molecule has 1 fully saturated rings. The Morgan fingerprint density at radius 3 is 2.27 bits per heavy atom.